The Morgan fingerprint density at radius 2 is 2.23 bits per heavy atom. The topological polar surface area (TPSA) is 89.3 Å². The second-order valence-corrected chi connectivity index (χ2v) is 3.11. The average Bonchev–Trinajstić information content (AvgIpc) is 2.01. The Morgan fingerprint density at radius 1 is 1.69 bits per heavy atom. The number of allylic oxidation sites excluding steroid dienone is 1. The van der Waals surface area contributed by atoms with Crippen molar-refractivity contribution in [2.45, 2.75) is 25.3 Å². The van der Waals surface area contributed by atoms with E-state index in [4.69, 9.17) is 16.6 Å². The van der Waals surface area contributed by atoms with Gasteiger partial charge in [-0.3, -0.25) is 4.79 Å². The summed E-state index contributed by atoms with van der Waals surface area (Å²) >= 11 is 0. The van der Waals surface area contributed by atoms with Crippen LogP contribution in [0.5, 0.6) is 0 Å². The van der Waals surface area contributed by atoms with Gasteiger partial charge in [0.05, 0.1) is 5.83 Å². The Hall–Kier alpha value is -0.940. The van der Waals surface area contributed by atoms with Crippen molar-refractivity contribution in [2.24, 2.45) is 11.5 Å². The van der Waals surface area contributed by atoms with Crippen molar-refractivity contribution in [2.75, 3.05) is 6.54 Å². The van der Waals surface area contributed by atoms with Gasteiger partial charge in [0.1, 0.15) is 5.54 Å². The van der Waals surface area contributed by atoms with Gasteiger partial charge in [0, 0.05) is 13.0 Å². The molecule has 0 radical (unpaired) electrons. The second kappa shape index (κ2) is 4.94. The molecular weight excluding hydrogens is 175 g/mol. The molecule has 0 aromatic heterocycles. The molecule has 0 bridgehead atoms. The van der Waals surface area contributed by atoms with E-state index >= 15 is 0 Å². The van der Waals surface area contributed by atoms with Crippen molar-refractivity contribution in [3.8, 4) is 0 Å². The highest BCUT2D eigenvalue weighted by molar-refractivity contribution is 5.77. The number of rotatable bonds is 5. The number of aliphatic carboxylic acids is 1. The quantitative estimate of drug-likeness (QED) is 0.584. The van der Waals surface area contributed by atoms with E-state index in [2.05, 4.69) is 0 Å². The third-order valence-electron chi connectivity index (χ3n) is 1.71. The van der Waals surface area contributed by atoms with E-state index in [1.807, 2.05) is 0 Å². The number of carboxylic acids is 1. The molecule has 0 amide bonds. The first-order valence-electron chi connectivity index (χ1n) is 3.97. The first-order valence-corrected chi connectivity index (χ1v) is 3.97. The molecule has 0 rings (SSSR count). The van der Waals surface area contributed by atoms with Gasteiger partial charge in [0.2, 0.25) is 0 Å². The predicted molar refractivity (Wildman–Crippen MR) is 47.7 cm³/mol. The summed E-state index contributed by atoms with van der Waals surface area (Å²) in [5, 5.41) is 8.59. The molecule has 0 fully saturated rings. The highest BCUT2D eigenvalue weighted by Crippen LogP contribution is 2.14. The lowest BCUT2D eigenvalue weighted by atomic mass is 9.97. The van der Waals surface area contributed by atoms with Gasteiger partial charge < -0.3 is 16.6 Å². The molecule has 0 aromatic rings. The molecule has 0 aliphatic heterocycles. The van der Waals surface area contributed by atoms with Crippen LogP contribution in [0.1, 0.15) is 19.8 Å². The molecule has 0 aliphatic carbocycles. The molecule has 4 nitrogen and oxygen atoms in total. The number of hydrogen-bond donors (Lipinski definition) is 3. The van der Waals surface area contributed by atoms with E-state index in [9.17, 15) is 9.18 Å². The Balaban J connectivity index is 4.02. The molecule has 13 heavy (non-hydrogen) atoms. The Morgan fingerprint density at radius 3 is 2.62 bits per heavy atom. The molecule has 0 saturated carbocycles. The maximum Gasteiger partial charge on any atom is 0.323 e. The van der Waals surface area contributed by atoms with Crippen LogP contribution >= 0.6 is 0 Å². The Kier molecular flexibility index (Phi) is 4.58. The zero-order valence-electron chi connectivity index (χ0n) is 7.59. The van der Waals surface area contributed by atoms with E-state index in [1.165, 1.54) is 13.0 Å². The molecule has 0 saturated heterocycles. The lowest BCUT2D eigenvalue weighted by molar-refractivity contribution is -0.142. The second-order valence-electron chi connectivity index (χ2n) is 3.11. The molecule has 1 atom stereocenters. The number of halogens is 1. The molecule has 0 aromatic carbocycles. The minimum atomic E-state index is -1.38. The maximum absolute atomic E-state index is 12.7. The summed E-state index contributed by atoms with van der Waals surface area (Å²) in [6, 6.07) is 0. The largest absolute Gasteiger partial charge is 0.480 e. The van der Waals surface area contributed by atoms with Crippen LogP contribution in [-0.2, 0) is 4.79 Å². The molecule has 0 aliphatic rings. The van der Waals surface area contributed by atoms with E-state index in [1.54, 1.807) is 0 Å². The molecule has 76 valence electrons. The van der Waals surface area contributed by atoms with Crippen LogP contribution in [0.3, 0.4) is 0 Å². The van der Waals surface area contributed by atoms with E-state index < -0.39 is 17.3 Å². The van der Waals surface area contributed by atoms with Crippen LogP contribution < -0.4 is 11.5 Å². The van der Waals surface area contributed by atoms with Crippen LogP contribution in [0.15, 0.2) is 11.9 Å². The Bertz CT molecular complexity index is 214. The third-order valence-corrected chi connectivity index (χ3v) is 1.71. The number of hydrogen-bond acceptors (Lipinski definition) is 3. The number of carboxylic acid groups (broad SMARTS) is 1. The summed E-state index contributed by atoms with van der Waals surface area (Å²) in [4.78, 5) is 10.5. The Labute approximate surface area is 76.4 Å². The molecular formula is C8H15FN2O2. The van der Waals surface area contributed by atoms with Crippen LogP contribution in [0.2, 0.25) is 0 Å². The van der Waals surface area contributed by atoms with Crippen LogP contribution in [0, 0.1) is 0 Å². The van der Waals surface area contributed by atoms with Gasteiger partial charge in [-0.15, -0.1) is 0 Å². The highest BCUT2D eigenvalue weighted by Gasteiger charge is 2.27. The van der Waals surface area contributed by atoms with Crippen molar-refractivity contribution in [1.29, 1.82) is 0 Å². The van der Waals surface area contributed by atoms with E-state index in [-0.39, 0.29) is 19.4 Å². The van der Waals surface area contributed by atoms with Gasteiger partial charge >= 0.3 is 5.97 Å². The van der Waals surface area contributed by atoms with Gasteiger partial charge in [-0.25, -0.2) is 4.39 Å². The smallest absolute Gasteiger partial charge is 0.323 e. The fraction of sp³-hybridized carbons (Fsp3) is 0.625. The van der Waals surface area contributed by atoms with Crippen LogP contribution in [0.25, 0.3) is 0 Å². The van der Waals surface area contributed by atoms with Gasteiger partial charge in [-0.2, -0.15) is 0 Å². The number of nitrogens with two attached hydrogens (primary N) is 2. The van der Waals surface area contributed by atoms with Crippen molar-refractivity contribution >= 4 is 5.97 Å². The summed E-state index contributed by atoms with van der Waals surface area (Å²) in [6.07, 6.45) is 1.28. The average molecular weight is 190 g/mol. The highest BCUT2D eigenvalue weighted by atomic mass is 19.1. The van der Waals surface area contributed by atoms with Crippen molar-refractivity contribution in [3.05, 3.63) is 11.9 Å². The first-order chi connectivity index (χ1) is 5.90. The fourth-order valence-corrected chi connectivity index (χ4v) is 0.716. The summed E-state index contributed by atoms with van der Waals surface area (Å²) < 4.78 is 12.7. The van der Waals surface area contributed by atoms with E-state index in [0.29, 0.717) is 0 Å². The van der Waals surface area contributed by atoms with Gasteiger partial charge in [0.25, 0.3) is 0 Å². The van der Waals surface area contributed by atoms with E-state index in [0.717, 1.165) is 0 Å². The molecule has 1 unspecified atom stereocenters. The summed E-state index contributed by atoms with van der Waals surface area (Å²) in [5.74, 6) is -1.55. The number of carbonyl (C=O) groups is 1. The standard InChI is InChI=1S/C8H15FN2O2/c1-8(11,7(12)13)4-2-6(9)3-5-10/h3H,2,4-5,10-11H2,1H3,(H,12,13)/b6-3+. The maximum atomic E-state index is 12.7. The van der Waals surface area contributed by atoms with Gasteiger partial charge in [-0.1, -0.05) is 0 Å². The van der Waals surface area contributed by atoms with Gasteiger partial charge in [-0.05, 0) is 19.4 Å². The zero-order valence-corrected chi connectivity index (χ0v) is 7.59. The SMILES string of the molecule is CC(N)(CC/C(F)=C\CN)C(=O)O. The first kappa shape index (κ1) is 12.1. The summed E-state index contributed by atoms with van der Waals surface area (Å²) in [6.45, 7) is 1.46. The minimum Gasteiger partial charge on any atom is -0.480 e. The molecule has 0 heterocycles. The summed E-state index contributed by atoms with van der Waals surface area (Å²) in [5.41, 5.74) is 9.07. The summed E-state index contributed by atoms with van der Waals surface area (Å²) in [7, 11) is 0. The zero-order chi connectivity index (χ0) is 10.5. The predicted octanol–water partition coefficient (Wildman–Crippen LogP) is 0.381. The minimum absolute atomic E-state index is 0.0104. The fourth-order valence-electron chi connectivity index (χ4n) is 0.716. The molecule has 5 N–H and O–H groups in total. The normalized spacial score (nSPS) is 16.8. The molecule has 0 spiro atoms. The van der Waals surface area contributed by atoms with Crippen molar-refractivity contribution < 1.29 is 14.3 Å². The van der Waals surface area contributed by atoms with Gasteiger partial charge in [0.15, 0.2) is 0 Å². The van der Waals surface area contributed by atoms with Crippen molar-refractivity contribution in [1.82, 2.24) is 0 Å². The van der Waals surface area contributed by atoms with Crippen LogP contribution in [0.4, 0.5) is 4.39 Å². The lowest BCUT2D eigenvalue weighted by Crippen LogP contribution is -2.44. The van der Waals surface area contributed by atoms with Crippen molar-refractivity contribution in [3.63, 3.8) is 0 Å². The third kappa shape index (κ3) is 4.59. The lowest BCUT2D eigenvalue weighted by Gasteiger charge is -2.17. The van der Waals surface area contributed by atoms with Crippen LogP contribution in [-0.4, -0.2) is 23.2 Å². The monoisotopic (exact) mass is 190 g/mol. The molecule has 5 heteroatoms.